The molecule has 3 N–H and O–H groups in total. The fourth-order valence-electron chi connectivity index (χ4n) is 1.33. The zero-order chi connectivity index (χ0) is 11.8. The summed E-state index contributed by atoms with van der Waals surface area (Å²) in [5.74, 6) is -0.357. The third-order valence-electron chi connectivity index (χ3n) is 2.21. The van der Waals surface area contributed by atoms with Gasteiger partial charge in [0.05, 0.1) is 0 Å². The molecular formula is C12H18N2O2. The number of likely N-dealkylation sites (N-methyl/N-ethyl adjacent to an activating group) is 1. The van der Waals surface area contributed by atoms with Gasteiger partial charge in [-0.3, -0.25) is 4.79 Å². The Labute approximate surface area is 95.7 Å². The topological polar surface area (TPSA) is 61.4 Å². The lowest BCUT2D eigenvalue weighted by atomic mass is 10.1. The highest BCUT2D eigenvalue weighted by Gasteiger charge is 2.15. The predicted molar refractivity (Wildman–Crippen MR) is 63.0 cm³/mol. The zero-order valence-corrected chi connectivity index (χ0v) is 9.44. The van der Waals surface area contributed by atoms with Gasteiger partial charge in [-0.05, 0) is 12.1 Å². The molecule has 88 valence electrons. The highest BCUT2D eigenvalue weighted by atomic mass is 16.3. The standard InChI is InChI=1S/C12H18N2O2/c1-2-13-8-9-14-12(16)11(15)10-6-4-3-5-7-10/h3-7,11,13,15H,2,8-9H2,1H3,(H,14,16). The third kappa shape index (κ3) is 4.00. The average Bonchev–Trinajstić information content (AvgIpc) is 2.34. The molecule has 0 aromatic heterocycles. The number of aliphatic hydroxyl groups is 1. The number of carbonyl (C=O) groups excluding carboxylic acids is 1. The lowest BCUT2D eigenvalue weighted by Gasteiger charge is -2.11. The first-order chi connectivity index (χ1) is 7.75. The van der Waals surface area contributed by atoms with Crippen LogP contribution in [0.5, 0.6) is 0 Å². The van der Waals surface area contributed by atoms with Gasteiger partial charge < -0.3 is 15.7 Å². The number of hydrogen-bond acceptors (Lipinski definition) is 3. The second-order valence-electron chi connectivity index (χ2n) is 3.46. The molecule has 0 saturated carbocycles. The summed E-state index contributed by atoms with van der Waals surface area (Å²) >= 11 is 0. The summed E-state index contributed by atoms with van der Waals surface area (Å²) in [6, 6.07) is 8.90. The van der Waals surface area contributed by atoms with E-state index in [1.54, 1.807) is 24.3 Å². The molecule has 1 amide bonds. The van der Waals surface area contributed by atoms with Crippen molar-refractivity contribution in [3.63, 3.8) is 0 Å². The summed E-state index contributed by atoms with van der Waals surface area (Å²) in [6.45, 7) is 4.11. The van der Waals surface area contributed by atoms with Crippen molar-refractivity contribution in [2.45, 2.75) is 13.0 Å². The maximum atomic E-state index is 11.5. The summed E-state index contributed by atoms with van der Waals surface area (Å²) < 4.78 is 0. The van der Waals surface area contributed by atoms with Crippen LogP contribution in [0.1, 0.15) is 18.6 Å². The summed E-state index contributed by atoms with van der Waals surface area (Å²) in [5, 5.41) is 15.5. The Kier molecular flexibility index (Phi) is 5.53. The molecule has 0 aliphatic rings. The molecule has 0 heterocycles. The molecule has 4 heteroatoms. The van der Waals surface area contributed by atoms with Crippen molar-refractivity contribution >= 4 is 5.91 Å². The van der Waals surface area contributed by atoms with Crippen LogP contribution in [0.15, 0.2) is 30.3 Å². The normalized spacial score (nSPS) is 12.1. The molecule has 1 aromatic rings. The molecule has 1 atom stereocenters. The molecule has 0 radical (unpaired) electrons. The van der Waals surface area contributed by atoms with Crippen molar-refractivity contribution < 1.29 is 9.90 Å². The number of amides is 1. The van der Waals surface area contributed by atoms with Crippen molar-refractivity contribution in [3.8, 4) is 0 Å². The van der Waals surface area contributed by atoms with Crippen molar-refractivity contribution in [2.24, 2.45) is 0 Å². The van der Waals surface area contributed by atoms with Crippen LogP contribution in [-0.4, -0.2) is 30.6 Å². The van der Waals surface area contributed by atoms with Crippen molar-refractivity contribution in [2.75, 3.05) is 19.6 Å². The molecular weight excluding hydrogens is 204 g/mol. The molecule has 16 heavy (non-hydrogen) atoms. The van der Waals surface area contributed by atoms with Gasteiger partial charge in [0.25, 0.3) is 5.91 Å². The second kappa shape index (κ2) is 6.98. The lowest BCUT2D eigenvalue weighted by molar-refractivity contribution is -0.129. The second-order valence-corrected chi connectivity index (χ2v) is 3.46. The predicted octanol–water partition coefficient (Wildman–Crippen LogP) is 0.446. The lowest BCUT2D eigenvalue weighted by Crippen LogP contribution is -2.34. The maximum Gasteiger partial charge on any atom is 0.253 e. The third-order valence-corrected chi connectivity index (χ3v) is 2.21. The van der Waals surface area contributed by atoms with Gasteiger partial charge in [0.15, 0.2) is 6.10 Å². The number of carbonyl (C=O) groups is 1. The zero-order valence-electron chi connectivity index (χ0n) is 9.44. The van der Waals surface area contributed by atoms with E-state index in [9.17, 15) is 9.90 Å². The van der Waals surface area contributed by atoms with Crippen LogP contribution in [0.2, 0.25) is 0 Å². The van der Waals surface area contributed by atoms with Crippen LogP contribution in [-0.2, 0) is 4.79 Å². The van der Waals surface area contributed by atoms with Gasteiger partial charge in [-0.1, -0.05) is 37.3 Å². The first-order valence-electron chi connectivity index (χ1n) is 5.47. The van der Waals surface area contributed by atoms with E-state index in [4.69, 9.17) is 0 Å². The molecule has 0 fully saturated rings. The van der Waals surface area contributed by atoms with Crippen LogP contribution in [0.4, 0.5) is 0 Å². The van der Waals surface area contributed by atoms with Gasteiger partial charge >= 0.3 is 0 Å². The van der Waals surface area contributed by atoms with Gasteiger partial charge in [-0.25, -0.2) is 0 Å². The molecule has 0 aliphatic heterocycles. The molecule has 0 aliphatic carbocycles. The highest BCUT2D eigenvalue weighted by molar-refractivity contribution is 5.81. The van der Waals surface area contributed by atoms with E-state index in [-0.39, 0.29) is 5.91 Å². The molecule has 1 rings (SSSR count). The Balaban J connectivity index is 2.37. The van der Waals surface area contributed by atoms with Crippen LogP contribution < -0.4 is 10.6 Å². The van der Waals surface area contributed by atoms with Gasteiger partial charge in [0.2, 0.25) is 0 Å². The summed E-state index contributed by atoms with van der Waals surface area (Å²) in [6.07, 6.45) is -1.08. The maximum absolute atomic E-state index is 11.5. The van der Waals surface area contributed by atoms with Gasteiger partial charge in [-0.2, -0.15) is 0 Å². The first-order valence-corrected chi connectivity index (χ1v) is 5.47. The van der Waals surface area contributed by atoms with E-state index in [2.05, 4.69) is 10.6 Å². The number of hydrogen-bond donors (Lipinski definition) is 3. The number of aliphatic hydroxyl groups excluding tert-OH is 1. The van der Waals surface area contributed by atoms with Crippen LogP contribution >= 0.6 is 0 Å². The summed E-state index contributed by atoms with van der Waals surface area (Å²) in [4.78, 5) is 11.5. The monoisotopic (exact) mass is 222 g/mol. The van der Waals surface area contributed by atoms with Crippen molar-refractivity contribution in [3.05, 3.63) is 35.9 Å². The average molecular weight is 222 g/mol. The largest absolute Gasteiger partial charge is 0.378 e. The molecule has 0 saturated heterocycles. The highest BCUT2D eigenvalue weighted by Crippen LogP contribution is 2.11. The number of rotatable bonds is 6. The van der Waals surface area contributed by atoms with E-state index in [0.717, 1.165) is 6.54 Å². The van der Waals surface area contributed by atoms with Crippen LogP contribution in [0.3, 0.4) is 0 Å². The SMILES string of the molecule is CCNCCNC(=O)C(O)c1ccccc1. The van der Waals surface area contributed by atoms with Crippen molar-refractivity contribution in [1.29, 1.82) is 0 Å². The number of nitrogens with one attached hydrogen (secondary N) is 2. The Morgan fingerprint density at radius 3 is 2.62 bits per heavy atom. The fraction of sp³-hybridized carbons (Fsp3) is 0.417. The minimum Gasteiger partial charge on any atom is -0.378 e. The Morgan fingerprint density at radius 2 is 2.00 bits per heavy atom. The van der Waals surface area contributed by atoms with E-state index in [1.807, 2.05) is 13.0 Å². The quantitative estimate of drug-likeness (QED) is 0.612. The molecule has 0 bridgehead atoms. The van der Waals surface area contributed by atoms with E-state index >= 15 is 0 Å². The molecule has 4 nitrogen and oxygen atoms in total. The Hall–Kier alpha value is -1.39. The minimum atomic E-state index is -1.08. The van der Waals surface area contributed by atoms with E-state index in [0.29, 0.717) is 18.7 Å². The van der Waals surface area contributed by atoms with E-state index in [1.165, 1.54) is 0 Å². The molecule has 1 unspecified atom stereocenters. The van der Waals surface area contributed by atoms with Gasteiger partial charge in [0, 0.05) is 13.1 Å². The Morgan fingerprint density at radius 1 is 1.31 bits per heavy atom. The van der Waals surface area contributed by atoms with Crippen LogP contribution in [0, 0.1) is 0 Å². The molecule has 0 spiro atoms. The van der Waals surface area contributed by atoms with E-state index < -0.39 is 6.10 Å². The van der Waals surface area contributed by atoms with Crippen molar-refractivity contribution in [1.82, 2.24) is 10.6 Å². The van der Waals surface area contributed by atoms with Gasteiger partial charge in [0.1, 0.15) is 0 Å². The number of benzene rings is 1. The molecule has 1 aromatic carbocycles. The fourth-order valence-corrected chi connectivity index (χ4v) is 1.33. The van der Waals surface area contributed by atoms with Crippen LogP contribution in [0.25, 0.3) is 0 Å². The first kappa shape index (κ1) is 12.7. The summed E-state index contributed by atoms with van der Waals surface area (Å²) in [5.41, 5.74) is 0.614. The summed E-state index contributed by atoms with van der Waals surface area (Å²) in [7, 11) is 0. The smallest absolute Gasteiger partial charge is 0.253 e. The Bertz CT molecular complexity index is 314. The van der Waals surface area contributed by atoms with Gasteiger partial charge in [-0.15, -0.1) is 0 Å². The minimum absolute atomic E-state index is 0.357.